The molecule has 204 valence electrons. The number of rotatable bonds is 17. The summed E-state index contributed by atoms with van der Waals surface area (Å²) in [5.74, 6) is 1.12. The Morgan fingerprint density at radius 1 is 0.800 bits per heavy atom. The van der Waals surface area contributed by atoms with Crippen LogP contribution >= 0.6 is 0 Å². The largest absolute Gasteiger partial charge is 0.283 e. The molecule has 0 saturated carbocycles. The number of nitrogens with one attached hydrogen (secondary N) is 1. The van der Waals surface area contributed by atoms with Crippen molar-refractivity contribution in [3.63, 3.8) is 0 Å². The molecule has 0 saturated heterocycles. The third-order valence-electron chi connectivity index (χ3n) is 9.71. The van der Waals surface area contributed by atoms with Crippen LogP contribution in [0.3, 0.4) is 0 Å². The van der Waals surface area contributed by atoms with E-state index >= 15 is 0 Å². The van der Waals surface area contributed by atoms with Crippen molar-refractivity contribution < 1.29 is 8.42 Å². The quantitative estimate of drug-likeness (QED) is 0.213. The van der Waals surface area contributed by atoms with Crippen LogP contribution in [0, 0.1) is 16.7 Å². The van der Waals surface area contributed by atoms with Gasteiger partial charge in [-0.3, -0.25) is 4.72 Å². The van der Waals surface area contributed by atoms with Crippen molar-refractivity contribution in [2.75, 3.05) is 4.72 Å². The van der Waals surface area contributed by atoms with Crippen molar-refractivity contribution in [2.24, 2.45) is 16.7 Å². The third-order valence-corrected chi connectivity index (χ3v) is 12.3. The maximum Gasteiger partial charge on any atom is 0.239 e. The molecule has 0 fully saturated rings. The van der Waals surface area contributed by atoms with E-state index < -0.39 is 14.8 Å². The Morgan fingerprint density at radius 2 is 1.34 bits per heavy atom. The molecule has 0 heterocycles. The molecule has 4 heteroatoms. The van der Waals surface area contributed by atoms with Crippen LogP contribution in [-0.4, -0.2) is 13.2 Å². The summed E-state index contributed by atoms with van der Waals surface area (Å²) in [6.45, 7) is 22.2. The van der Waals surface area contributed by atoms with Crippen molar-refractivity contribution >= 4 is 15.7 Å². The van der Waals surface area contributed by atoms with E-state index in [1.807, 2.05) is 26.0 Å². The summed E-state index contributed by atoms with van der Waals surface area (Å²) in [6, 6.07) is 8.14. The van der Waals surface area contributed by atoms with Gasteiger partial charge in [0, 0.05) is 5.69 Å². The summed E-state index contributed by atoms with van der Waals surface area (Å²) in [5.41, 5.74) is 1.96. The van der Waals surface area contributed by atoms with E-state index in [2.05, 4.69) is 72.2 Å². The lowest BCUT2D eigenvalue weighted by atomic mass is 9.69. The normalized spacial score (nSPS) is 15.1. The van der Waals surface area contributed by atoms with Crippen LogP contribution in [0.4, 0.5) is 5.69 Å². The zero-order chi connectivity index (χ0) is 26.9. The molecule has 0 aliphatic carbocycles. The van der Waals surface area contributed by atoms with E-state index in [1.54, 1.807) is 0 Å². The molecule has 0 aliphatic heterocycles. The van der Waals surface area contributed by atoms with Gasteiger partial charge in [-0.05, 0) is 72.5 Å². The molecule has 0 bridgehead atoms. The molecule has 3 nitrogen and oxygen atoms in total. The maximum absolute atomic E-state index is 13.7. The molecule has 1 N–H and O–H groups in total. The average molecular weight is 508 g/mol. The van der Waals surface area contributed by atoms with E-state index in [0.717, 1.165) is 19.3 Å². The van der Waals surface area contributed by atoms with Gasteiger partial charge in [-0.1, -0.05) is 113 Å². The number of sulfonamides is 1. The summed E-state index contributed by atoms with van der Waals surface area (Å²) in [7, 11) is -3.56. The molecule has 1 aromatic rings. The SMILES string of the molecule is CCCCCCC(C)C(C)(C)CC(C)c1ccc(NS(=O)(=O)C(CC)(CC)C(C)(CC)CC)cc1. The van der Waals surface area contributed by atoms with Gasteiger partial charge in [0.15, 0.2) is 0 Å². The fraction of sp³-hybridized carbons (Fsp3) is 0.806. The predicted octanol–water partition coefficient (Wildman–Crippen LogP) is 9.94. The van der Waals surface area contributed by atoms with Gasteiger partial charge < -0.3 is 0 Å². The van der Waals surface area contributed by atoms with Crippen LogP contribution in [0.1, 0.15) is 145 Å². The first-order chi connectivity index (χ1) is 16.3. The molecular formula is C31H57NO2S. The predicted molar refractivity (Wildman–Crippen MR) is 156 cm³/mol. The molecule has 0 aliphatic rings. The molecule has 35 heavy (non-hydrogen) atoms. The maximum atomic E-state index is 13.7. The van der Waals surface area contributed by atoms with Crippen LogP contribution < -0.4 is 4.72 Å². The molecule has 2 atom stereocenters. The van der Waals surface area contributed by atoms with Crippen molar-refractivity contribution in [1.29, 1.82) is 0 Å². The van der Waals surface area contributed by atoms with Crippen LogP contribution in [0.15, 0.2) is 24.3 Å². The minimum Gasteiger partial charge on any atom is -0.283 e. The second-order valence-corrected chi connectivity index (χ2v) is 14.0. The summed E-state index contributed by atoms with van der Waals surface area (Å²) in [5, 5.41) is 0. The lowest BCUT2D eigenvalue weighted by Gasteiger charge is -2.46. The highest BCUT2D eigenvalue weighted by Gasteiger charge is 2.53. The van der Waals surface area contributed by atoms with Crippen LogP contribution in [0.2, 0.25) is 0 Å². The van der Waals surface area contributed by atoms with Gasteiger partial charge in [-0.25, -0.2) is 8.42 Å². The van der Waals surface area contributed by atoms with E-state index in [-0.39, 0.29) is 10.8 Å². The Hall–Kier alpha value is -1.03. The van der Waals surface area contributed by atoms with Gasteiger partial charge in [0.05, 0.1) is 4.75 Å². The van der Waals surface area contributed by atoms with Crippen LogP contribution in [-0.2, 0) is 10.0 Å². The Balaban J connectivity index is 2.98. The number of hydrogen-bond acceptors (Lipinski definition) is 2. The van der Waals surface area contributed by atoms with Crippen LogP contribution in [0.5, 0.6) is 0 Å². The van der Waals surface area contributed by atoms with Gasteiger partial charge in [-0.15, -0.1) is 0 Å². The van der Waals surface area contributed by atoms with Crippen LogP contribution in [0.25, 0.3) is 0 Å². The van der Waals surface area contributed by atoms with Crippen molar-refractivity contribution in [2.45, 2.75) is 144 Å². The number of unbranched alkanes of at least 4 members (excludes halogenated alkanes) is 3. The highest BCUT2D eigenvalue weighted by molar-refractivity contribution is 7.94. The van der Waals surface area contributed by atoms with E-state index in [9.17, 15) is 8.42 Å². The Kier molecular flexibility index (Phi) is 12.3. The van der Waals surface area contributed by atoms with E-state index in [0.29, 0.717) is 30.4 Å². The Bertz CT molecular complexity index is 833. The molecule has 2 unspecified atom stereocenters. The topological polar surface area (TPSA) is 46.2 Å². The van der Waals surface area contributed by atoms with Gasteiger partial charge in [0.25, 0.3) is 0 Å². The standard InChI is InChI=1S/C31H57NO2S/c1-11-16-17-18-19-26(7)29(8,9)24-25(6)27-20-22-28(23-21-27)32-35(33,34)31(14-4,15-5)30(10,12-2)13-3/h20-23,25-26,32H,11-19,24H2,1-10H3. The molecule has 0 amide bonds. The third kappa shape index (κ3) is 7.49. The first-order valence-electron chi connectivity index (χ1n) is 14.4. The number of anilines is 1. The van der Waals surface area contributed by atoms with Crippen molar-refractivity contribution in [1.82, 2.24) is 0 Å². The lowest BCUT2D eigenvalue weighted by Crippen LogP contribution is -2.53. The molecule has 0 radical (unpaired) electrons. The second kappa shape index (κ2) is 13.5. The first-order valence-corrected chi connectivity index (χ1v) is 15.9. The highest BCUT2D eigenvalue weighted by atomic mass is 32.2. The van der Waals surface area contributed by atoms with Gasteiger partial charge in [-0.2, -0.15) is 0 Å². The highest BCUT2D eigenvalue weighted by Crippen LogP contribution is 2.48. The summed E-state index contributed by atoms with van der Waals surface area (Å²) >= 11 is 0. The minimum absolute atomic E-state index is 0.268. The first kappa shape index (κ1) is 32.0. The molecule has 0 spiro atoms. The molecule has 0 aromatic heterocycles. The fourth-order valence-corrected chi connectivity index (χ4v) is 8.55. The van der Waals surface area contributed by atoms with Gasteiger partial charge in [0.2, 0.25) is 10.0 Å². The van der Waals surface area contributed by atoms with Crippen molar-refractivity contribution in [3.8, 4) is 0 Å². The summed E-state index contributed by atoms with van der Waals surface area (Å²) < 4.78 is 29.7. The van der Waals surface area contributed by atoms with Gasteiger partial charge >= 0.3 is 0 Å². The Morgan fingerprint density at radius 3 is 1.80 bits per heavy atom. The fourth-order valence-electron chi connectivity index (χ4n) is 6.21. The molecule has 1 aromatic carbocycles. The average Bonchev–Trinajstić information content (AvgIpc) is 2.82. The molecular weight excluding hydrogens is 450 g/mol. The Labute approximate surface area is 219 Å². The van der Waals surface area contributed by atoms with E-state index in [4.69, 9.17) is 0 Å². The summed E-state index contributed by atoms with van der Waals surface area (Å²) in [4.78, 5) is 0. The monoisotopic (exact) mass is 507 g/mol. The second-order valence-electron chi connectivity index (χ2n) is 12.0. The molecule has 1 rings (SSSR count). The van der Waals surface area contributed by atoms with E-state index in [1.165, 1.54) is 37.7 Å². The lowest BCUT2D eigenvalue weighted by molar-refractivity contribution is 0.180. The summed E-state index contributed by atoms with van der Waals surface area (Å²) in [6.07, 6.45) is 10.6. The van der Waals surface area contributed by atoms with Gasteiger partial charge in [0.1, 0.15) is 0 Å². The van der Waals surface area contributed by atoms with Crippen molar-refractivity contribution in [3.05, 3.63) is 29.8 Å². The zero-order valence-corrected chi connectivity index (χ0v) is 25.6. The number of hydrogen-bond donors (Lipinski definition) is 1. The number of benzene rings is 1. The smallest absolute Gasteiger partial charge is 0.239 e. The zero-order valence-electron chi connectivity index (χ0n) is 24.8. The minimum atomic E-state index is -3.56.